The standard InChI is InChI=1S/C39H58FN5O7/c1-10-25(4)34(44(7)37(48)33(24(2)3)42-31-20-14-19-30(40)41-31)29(51-8)22-32(46)45-21-15-18-28(45)35(52-9)26(5)36(47)43-39(6,38(49)50)23-27-16-12-11-13-17-27/h11-14,16-17,19-20,24-26,28-29,33-35H,10,15,18,21-23H2,1-9H3,(H,41,42)(H,43,47)(H,49,50)/t25-,26+,28-,29+,33-,34-,35+,39-/m0/s1. The lowest BCUT2D eigenvalue weighted by atomic mass is 9.89. The van der Waals surface area contributed by atoms with Crippen LogP contribution in [0.15, 0.2) is 48.5 Å². The Hall–Kier alpha value is -4.10. The SMILES string of the molecule is CC[C@H](C)[C@@H]([C@@H](CC(=O)N1CCC[C@H]1[C@H](OC)[C@@H](C)C(=O)N[C@@](C)(Cc1ccccc1)C(=O)O)OC)N(C)C(=O)[C@@H](Nc1cccc(F)n1)C(C)C. The Bertz CT molecular complexity index is 1500. The highest BCUT2D eigenvalue weighted by Crippen LogP contribution is 2.30. The molecule has 0 aliphatic carbocycles. The Morgan fingerprint density at radius 1 is 1.06 bits per heavy atom. The maximum atomic E-state index is 14.1. The Morgan fingerprint density at radius 3 is 2.29 bits per heavy atom. The van der Waals surface area contributed by atoms with Crippen molar-refractivity contribution in [1.82, 2.24) is 20.1 Å². The molecule has 1 aliphatic heterocycles. The molecular weight excluding hydrogens is 669 g/mol. The minimum atomic E-state index is -1.56. The van der Waals surface area contributed by atoms with E-state index in [-0.39, 0.29) is 42.3 Å². The fraction of sp³-hybridized carbons (Fsp3) is 0.615. The van der Waals surface area contributed by atoms with Gasteiger partial charge in [0, 0.05) is 34.2 Å². The minimum absolute atomic E-state index is 0.0178. The lowest BCUT2D eigenvalue weighted by Crippen LogP contribution is -2.58. The number of ether oxygens (including phenoxy) is 2. The second kappa shape index (κ2) is 19.1. The Kier molecular flexibility index (Phi) is 15.6. The number of rotatable bonds is 19. The summed E-state index contributed by atoms with van der Waals surface area (Å²) in [5.41, 5.74) is -0.791. The minimum Gasteiger partial charge on any atom is -0.480 e. The van der Waals surface area contributed by atoms with Gasteiger partial charge >= 0.3 is 5.97 Å². The van der Waals surface area contributed by atoms with Crippen molar-refractivity contribution >= 4 is 29.5 Å². The summed E-state index contributed by atoms with van der Waals surface area (Å²) in [6.45, 7) is 11.4. The number of pyridine rings is 1. The number of anilines is 1. The van der Waals surface area contributed by atoms with Crippen molar-refractivity contribution in [3.05, 3.63) is 60.0 Å². The van der Waals surface area contributed by atoms with Gasteiger partial charge in [0.15, 0.2) is 0 Å². The molecule has 3 amide bonds. The highest BCUT2D eigenvalue weighted by molar-refractivity contribution is 5.88. The zero-order valence-electron chi connectivity index (χ0n) is 32.1. The molecule has 1 aromatic carbocycles. The van der Waals surface area contributed by atoms with E-state index in [2.05, 4.69) is 15.6 Å². The van der Waals surface area contributed by atoms with E-state index in [1.54, 1.807) is 29.8 Å². The van der Waals surface area contributed by atoms with Gasteiger partial charge in [-0.2, -0.15) is 4.39 Å². The molecule has 1 fully saturated rings. The number of hydrogen-bond acceptors (Lipinski definition) is 8. The number of aliphatic carboxylic acids is 1. The molecule has 1 aromatic heterocycles. The maximum absolute atomic E-state index is 14.1. The summed E-state index contributed by atoms with van der Waals surface area (Å²) in [7, 11) is 4.72. The smallest absolute Gasteiger partial charge is 0.329 e. The molecule has 12 nitrogen and oxygen atoms in total. The third kappa shape index (κ3) is 10.5. The number of nitrogens with zero attached hydrogens (tertiary/aromatic N) is 3. The fourth-order valence-electron chi connectivity index (χ4n) is 7.25. The van der Waals surface area contributed by atoms with Gasteiger partial charge in [0.1, 0.15) is 17.4 Å². The number of carbonyl (C=O) groups is 4. The lowest BCUT2D eigenvalue weighted by Gasteiger charge is -2.41. The van der Waals surface area contributed by atoms with Crippen molar-refractivity contribution in [1.29, 1.82) is 0 Å². The van der Waals surface area contributed by atoms with Crippen LogP contribution in [0.1, 0.15) is 72.8 Å². The number of aromatic nitrogens is 1. The number of nitrogens with one attached hydrogen (secondary N) is 2. The van der Waals surface area contributed by atoms with Gasteiger partial charge in [-0.1, -0.05) is 77.4 Å². The van der Waals surface area contributed by atoms with E-state index in [9.17, 15) is 28.7 Å². The molecule has 2 heterocycles. The second-order valence-electron chi connectivity index (χ2n) is 14.6. The first-order chi connectivity index (χ1) is 24.6. The average Bonchev–Trinajstić information content (AvgIpc) is 3.60. The zero-order valence-corrected chi connectivity index (χ0v) is 32.1. The molecule has 3 rings (SSSR count). The van der Waals surface area contributed by atoms with E-state index in [1.165, 1.54) is 33.3 Å². The van der Waals surface area contributed by atoms with Crippen LogP contribution in [0.5, 0.6) is 0 Å². The third-order valence-corrected chi connectivity index (χ3v) is 10.5. The summed E-state index contributed by atoms with van der Waals surface area (Å²) in [6.07, 6.45) is 0.728. The molecule has 0 saturated carbocycles. The predicted octanol–water partition coefficient (Wildman–Crippen LogP) is 4.78. The maximum Gasteiger partial charge on any atom is 0.329 e. The van der Waals surface area contributed by atoms with Gasteiger partial charge in [0.2, 0.25) is 23.7 Å². The molecular formula is C39H58FN5O7. The molecule has 0 bridgehead atoms. The van der Waals surface area contributed by atoms with Crippen molar-refractivity contribution in [3.8, 4) is 0 Å². The number of carboxylic acid groups (broad SMARTS) is 1. The molecule has 0 radical (unpaired) electrons. The van der Waals surface area contributed by atoms with Crippen LogP contribution in [0.2, 0.25) is 0 Å². The number of halogens is 1. The Labute approximate surface area is 307 Å². The predicted molar refractivity (Wildman–Crippen MR) is 197 cm³/mol. The number of carbonyl (C=O) groups excluding carboxylic acids is 3. The van der Waals surface area contributed by atoms with E-state index in [4.69, 9.17) is 9.47 Å². The first-order valence-corrected chi connectivity index (χ1v) is 18.2. The quantitative estimate of drug-likeness (QED) is 0.174. The number of amides is 3. The first-order valence-electron chi connectivity index (χ1n) is 18.2. The van der Waals surface area contributed by atoms with E-state index in [0.717, 1.165) is 5.56 Å². The van der Waals surface area contributed by atoms with Crippen LogP contribution >= 0.6 is 0 Å². The van der Waals surface area contributed by atoms with Crippen molar-refractivity contribution in [2.45, 2.75) is 110 Å². The lowest BCUT2D eigenvalue weighted by molar-refractivity contribution is -0.150. The van der Waals surface area contributed by atoms with Crippen LogP contribution in [0.4, 0.5) is 10.2 Å². The average molecular weight is 728 g/mol. The number of benzene rings is 1. The van der Waals surface area contributed by atoms with Gasteiger partial charge in [0.25, 0.3) is 0 Å². The molecule has 1 aliphatic rings. The molecule has 13 heteroatoms. The summed E-state index contributed by atoms with van der Waals surface area (Å²) < 4.78 is 25.7. The highest BCUT2D eigenvalue weighted by atomic mass is 19.1. The van der Waals surface area contributed by atoms with Gasteiger partial charge in [-0.25, -0.2) is 9.78 Å². The van der Waals surface area contributed by atoms with E-state index >= 15 is 0 Å². The van der Waals surface area contributed by atoms with Crippen LogP contribution in [-0.4, -0.2) is 107 Å². The molecule has 2 aromatic rings. The van der Waals surface area contributed by atoms with Crippen LogP contribution in [0.25, 0.3) is 0 Å². The first kappa shape index (κ1) is 42.3. The monoisotopic (exact) mass is 727 g/mol. The number of carboxylic acids is 1. The second-order valence-corrected chi connectivity index (χ2v) is 14.6. The van der Waals surface area contributed by atoms with Gasteiger partial charge < -0.3 is 35.0 Å². The van der Waals surface area contributed by atoms with Crippen molar-refractivity contribution in [2.75, 3.05) is 33.1 Å². The molecule has 52 heavy (non-hydrogen) atoms. The molecule has 288 valence electrons. The van der Waals surface area contributed by atoms with Gasteiger partial charge in [-0.15, -0.1) is 0 Å². The van der Waals surface area contributed by atoms with Crippen LogP contribution in [0, 0.1) is 23.7 Å². The van der Waals surface area contributed by atoms with Crippen molar-refractivity contribution < 1.29 is 38.1 Å². The van der Waals surface area contributed by atoms with Gasteiger partial charge in [-0.3, -0.25) is 14.4 Å². The molecule has 0 spiro atoms. The van der Waals surface area contributed by atoms with E-state index in [1.807, 2.05) is 58.0 Å². The summed E-state index contributed by atoms with van der Waals surface area (Å²) in [6, 6.07) is 11.8. The summed E-state index contributed by atoms with van der Waals surface area (Å²) in [5, 5.41) is 15.9. The van der Waals surface area contributed by atoms with E-state index < -0.39 is 59.6 Å². The molecule has 1 saturated heterocycles. The topological polar surface area (TPSA) is 150 Å². The Morgan fingerprint density at radius 2 is 1.73 bits per heavy atom. The van der Waals surface area contributed by atoms with Crippen LogP contribution in [0.3, 0.4) is 0 Å². The number of likely N-dealkylation sites (tertiary alicyclic amines) is 1. The van der Waals surface area contributed by atoms with Gasteiger partial charge in [0.05, 0.1) is 36.6 Å². The summed E-state index contributed by atoms with van der Waals surface area (Å²) >= 11 is 0. The molecule has 8 atom stereocenters. The molecule has 3 N–H and O–H groups in total. The van der Waals surface area contributed by atoms with Gasteiger partial charge in [-0.05, 0) is 49.3 Å². The zero-order chi connectivity index (χ0) is 38.7. The third-order valence-electron chi connectivity index (χ3n) is 10.5. The normalized spacial score (nSPS) is 19.1. The number of methoxy groups -OCH3 is 2. The van der Waals surface area contributed by atoms with Crippen molar-refractivity contribution in [2.24, 2.45) is 17.8 Å². The van der Waals surface area contributed by atoms with Crippen LogP contribution in [-0.2, 0) is 35.1 Å². The summed E-state index contributed by atoms with van der Waals surface area (Å²) in [4.78, 5) is 61.4. The fourth-order valence-corrected chi connectivity index (χ4v) is 7.25. The molecule has 0 unspecified atom stereocenters. The summed E-state index contributed by atoms with van der Waals surface area (Å²) in [5.74, 6) is -3.47. The van der Waals surface area contributed by atoms with Crippen LogP contribution < -0.4 is 10.6 Å². The number of likely N-dealkylation sites (N-methyl/N-ethyl adjacent to an activating group) is 1. The van der Waals surface area contributed by atoms with Crippen molar-refractivity contribution in [3.63, 3.8) is 0 Å². The Balaban J connectivity index is 1.79. The number of hydrogen-bond donors (Lipinski definition) is 3. The highest BCUT2D eigenvalue weighted by Gasteiger charge is 2.44. The van der Waals surface area contributed by atoms with E-state index in [0.29, 0.717) is 25.8 Å². The largest absolute Gasteiger partial charge is 0.480 e.